The van der Waals surface area contributed by atoms with Gasteiger partial charge in [0.25, 0.3) is 0 Å². The molecule has 0 radical (unpaired) electrons. The molecule has 1 aromatic rings. The molecule has 0 unspecified atom stereocenters. The van der Waals surface area contributed by atoms with Crippen LogP contribution in [0.4, 0.5) is 0 Å². The second-order valence-electron chi connectivity index (χ2n) is 7.30. The Morgan fingerprint density at radius 1 is 0.760 bits per heavy atom. The molecule has 0 bridgehead atoms. The minimum absolute atomic E-state index is 0.305. The first-order valence-electron chi connectivity index (χ1n) is 10.5. The molecule has 0 fully saturated rings. The molecule has 0 spiro atoms. The lowest BCUT2D eigenvalue weighted by Gasteiger charge is -2.03. The molecule has 0 saturated carbocycles. The summed E-state index contributed by atoms with van der Waals surface area (Å²) < 4.78 is 5.21. The molecule has 0 aromatic carbocycles. The number of aromatic hydroxyl groups is 1. The summed E-state index contributed by atoms with van der Waals surface area (Å²) >= 11 is 0. The fourth-order valence-corrected chi connectivity index (χ4v) is 3.25. The zero-order chi connectivity index (χ0) is 18.2. The molecule has 25 heavy (non-hydrogen) atoms. The zero-order valence-electron chi connectivity index (χ0n) is 16.2. The summed E-state index contributed by atoms with van der Waals surface area (Å²) in [6.07, 6.45) is 22.2. The van der Waals surface area contributed by atoms with Gasteiger partial charge in [-0.15, -0.1) is 0 Å². The van der Waals surface area contributed by atoms with Crippen molar-refractivity contribution in [2.75, 3.05) is 0 Å². The Morgan fingerprint density at radius 3 is 1.64 bits per heavy atom. The van der Waals surface area contributed by atoms with Crippen LogP contribution in [0.25, 0.3) is 0 Å². The maximum atomic E-state index is 11.3. The molecular formula is C22H38O3. The van der Waals surface area contributed by atoms with Gasteiger partial charge in [0, 0.05) is 12.5 Å². The van der Waals surface area contributed by atoms with E-state index < -0.39 is 0 Å². The van der Waals surface area contributed by atoms with E-state index in [-0.39, 0.29) is 11.2 Å². The van der Waals surface area contributed by atoms with Gasteiger partial charge in [-0.2, -0.15) is 0 Å². The van der Waals surface area contributed by atoms with E-state index in [9.17, 15) is 4.79 Å². The molecule has 144 valence electrons. The van der Waals surface area contributed by atoms with Crippen molar-refractivity contribution in [3.63, 3.8) is 0 Å². The van der Waals surface area contributed by atoms with Gasteiger partial charge in [-0.25, -0.2) is 0 Å². The van der Waals surface area contributed by atoms with Crippen molar-refractivity contribution in [3.8, 4) is 5.75 Å². The van der Waals surface area contributed by atoms with Gasteiger partial charge in [0.1, 0.15) is 12.0 Å². The van der Waals surface area contributed by atoms with Crippen LogP contribution in [0.5, 0.6) is 5.75 Å². The average molecular weight is 351 g/mol. The third kappa shape index (κ3) is 11.9. The van der Waals surface area contributed by atoms with E-state index in [1.54, 1.807) is 0 Å². The lowest BCUT2D eigenvalue weighted by molar-refractivity contribution is 0.409. The molecule has 3 heteroatoms. The highest BCUT2D eigenvalue weighted by atomic mass is 16.3. The van der Waals surface area contributed by atoms with Crippen molar-refractivity contribution in [2.45, 2.75) is 110 Å². The van der Waals surface area contributed by atoms with Gasteiger partial charge in [-0.1, -0.05) is 96.8 Å². The Balaban J connectivity index is 1.81. The second kappa shape index (κ2) is 15.0. The van der Waals surface area contributed by atoms with Crippen LogP contribution in [0.15, 0.2) is 21.5 Å². The van der Waals surface area contributed by atoms with Crippen molar-refractivity contribution in [2.24, 2.45) is 0 Å². The van der Waals surface area contributed by atoms with Crippen LogP contribution in [-0.2, 0) is 6.42 Å². The molecule has 1 N–H and O–H groups in total. The standard InChI is InChI=1S/C22H38O3/c1-2-3-4-5-6-7-8-9-10-11-12-13-14-15-16-17-20-18-21(23)22(24)19-25-20/h18-19,24H,2-17H2,1H3. The molecular weight excluding hydrogens is 312 g/mol. The highest BCUT2D eigenvalue weighted by Gasteiger charge is 2.01. The third-order valence-electron chi connectivity index (χ3n) is 4.89. The maximum absolute atomic E-state index is 11.3. The number of hydrogen-bond donors (Lipinski definition) is 1. The predicted molar refractivity (Wildman–Crippen MR) is 105 cm³/mol. The fraction of sp³-hybridized carbons (Fsp3) is 0.773. The molecule has 0 amide bonds. The zero-order valence-corrected chi connectivity index (χ0v) is 16.2. The van der Waals surface area contributed by atoms with E-state index in [1.165, 1.54) is 96.0 Å². The van der Waals surface area contributed by atoms with Gasteiger partial charge in [-0.05, 0) is 6.42 Å². The highest BCUT2D eigenvalue weighted by molar-refractivity contribution is 5.15. The minimum Gasteiger partial charge on any atom is -0.502 e. The number of hydrogen-bond acceptors (Lipinski definition) is 3. The van der Waals surface area contributed by atoms with E-state index in [0.717, 1.165) is 19.1 Å². The number of aryl methyl sites for hydroxylation is 1. The molecule has 1 aromatic heterocycles. The van der Waals surface area contributed by atoms with Crippen molar-refractivity contribution >= 4 is 0 Å². The van der Waals surface area contributed by atoms with Crippen LogP contribution < -0.4 is 5.43 Å². The summed E-state index contributed by atoms with van der Waals surface area (Å²) in [6.45, 7) is 2.27. The smallest absolute Gasteiger partial charge is 0.226 e. The summed E-state index contributed by atoms with van der Waals surface area (Å²) in [5.41, 5.74) is -0.345. The van der Waals surface area contributed by atoms with Crippen LogP contribution in [0.2, 0.25) is 0 Å². The van der Waals surface area contributed by atoms with Crippen LogP contribution in [0, 0.1) is 0 Å². The van der Waals surface area contributed by atoms with Gasteiger partial charge in [0.05, 0.1) is 0 Å². The summed E-state index contributed by atoms with van der Waals surface area (Å²) in [6, 6.07) is 1.40. The topological polar surface area (TPSA) is 50.4 Å². The lowest BCUT2D eigenvalue weighted by Crippen LogP contribution is -2.00. The van der Waals surface area contributed by atoms with Gasteiger partial charge < -0.3 is 9.52 Å². The Hall–Kier alpha value is -1.25. The number of unbranched alkanes of at least 4 members (excludes halogenated alkanes) is 14. The molecule has 0 saturated heterocycles. The Morgan fingerprint density at radius 2 is 1.20 bits per heavy atom. The first-order valence-corrected chi connectivity index (χ1v) is 10.5. The lowest BCUT2D eigenvalue weighted by atomic mass is 10.0. The van der Waals surface area contributed by atoms with Crippen molar-refractivity contribution in [1.29, 1.82) is 0 Å². The molecule has 1 heterocycles. The van der Waals surface area contributed by atoms with Crippen molar-refractivity contribution < 1.29 is 9.52 Å². The first-order chi connectivity index (χ1) is 12.2. The van der Waals surface area contributed by atoms with E-state index >= 15 is 0 Å². The Bertz CT molecular complexity index is 478. The molecule has 0 aliphatic heterocycles. The fourth-order valence-electron chi connectivity index (χ4n) is 3.25. The van der Waals surface area contributed by atoms with Crippen molar-refractivity contribution in [3.05, 3.63) is 28.3 Å². The van der Waals surface area contributed by atoms with Gasteiger partial charge in [0.2, 0.25) is 5.43 Å². The van der Waals surface area contributed by atoms with E-state index in [4.69, 9.17) is 9.52 Å². The Labute approximate surface area is 153 Å². The molecule has 1 rings (SSSR count). The monoisotopic (exact) mass is 350 g/mol. The number of rotatable bonds is 16. The largest absolute Gasteiger partial charge is 0.502 e. The molecule has 0 aliphatic rings. The van der Waals surface area contributed by atoms with Gasteiger partial charge in [-0.3, -0.25) is 4.79 Å². The van der Waals surface area contributed by atoms with E-state index in [1.807, 2.05) is 0 Å². The summed E-state index contributed by atoms with van der Waals surface area (Å²) in [4.78, 5) is 11.3. The molecule has 0 atom stereocenters. The maximum Gasteiger partial charge on any atom is 0.226 e. The van der Waals surface area contributed by atoms with Crippen LogP contribution in [-0.4, -0.2) is 5.11 Å². The van der Waals surface area contributed by atoms with Gasteiger partial charge in [0.15, 0.2) is 5.75 Å². The minimum atomic E-state index is -0.345. The van der Waals surface area contributed by atoms with Crippen LogP contribution in [0.3, 0.4) is 0 Å². The van der Waals surface area contributed by atoms with Gasteiger partial charge >= 0.3 is 0 Å². The van der Waals surface area contributed by atoms with Crippen LogP contribution >= 0.6 is 0 Å². The van der Waals surface area contributed by atoms with E-state index in [2.05, 4.69) is 6.92 Å². The normalized spacial score (nSPS) is 11.1. The molecule has 3 nitrogen and oxygen atoms in total. The summed E-state index contributed by atoms with van der Waals surface area (Å²) in [7, 11) is 0. The third-order valence-corrected chi connectivity index (χ3v) is 4.89. The second-order valence-corrected chi connectivity index (χ2v) is 7.30. The van der Waals surface area contributed by atoms with E-state index in [0.29, 0.717) is 5.76 Å². The summed E-state index contributed by atoms with van der Waals surface area (Å²) in [5.74, 6) is 0.373. The van der Waals surface area contributed by atoms with Crippen LogP contribution in [0.1, 0.15) is 109 Å². The Kier molecular flexibility index (Phi) is 13.1. The first kappa shape index (κ1) is 21.8. The summed E-state index contributed by atoms with van der Waals surface area (Å²) in [5, 5.41) is 9.14. The highest BCUT2D eigenvalue weighted by Crippen LogP contribution is 2.14. The molecule has 0 aliphatic carbocycles. The SMILES string of the molecule is CCCCCCCCCCCCCCCCCc1cc(=O)c(O)co1. The predicted octanol–water partition coefficient (Wildman–Crippen LogP) is 6.76. The van der Waals surface area contributed by atoms with Crippen molar-refractivity contribution in [1.82, 2.24) is 0 Å². The average Bonchev–Trinajstić information content (AvgIpc) is 2.61. The quantitative estimate of drug-likeness (QED) is 0.335.